The molecule has 0 heterocycles. The third kappa shape index (κ3) is 2.73. The number of halogens is 1. The van der Waals surface area contributed by atoms with Gasteiger partial charge >= 0.3 is 7.32 Å². The fraction of sp³-hybridized carbons (Fsp3) is 0. The van der Waals surface area contributed by atoms with Gasteiger partial charge in [0.15, 0.2) is 6.29 Å². The van der Waals surface area contributed by atoms with Gasteiger partial charge in [0.2, 0.25) is 0 Å². The number of carbonyl (C=O) groups is 1. The van der Waals surface area contributed by atoms with E-state index >= 15 is 0 Å². The Labute approximate surface area is 79.9 Å². The second kappa shape index (κ2) is 4.27. The Balaban J connectivity index is 3.01. The van der Waals surface area contributed by atoms with Gasteiger partial charge in [-0.25, -0.2) is 0 Å². The minimum Gasteiger partial charge on any atom is -0.511 e. The van der Waals surface area contributed by atoms with Crippen LogP contribution in [0, 0.1) is 0 Å². The van der Waals surface area contributed by atoms with Crippen molar-refractivity contribution in [2.45, 2.75) is 0 Å². The molecule has 0 fully saturated rings. The van der Waals surface area contributed by atoms with Gasteiger partial charge in [-0.15, -0.1) is 0 Å². The summed E-state index contributed by atoms with van der Waals surface area (Å²) in [7, 11) is -1.96. The summed E-state index contributed by atoms with van der Waals surface area (Å²) in [5.74, 6) is 0.0394. The fourth-order valence-electron chi connectivity index (χ4n) is 0.821. The maximum atomic E-state index is 10.4. The highest BCUT2D eigenvalue weighted by molar-refractivity contribution is 6.34. The van der Waals surface area contributed by atoms with Crippen LogP contribution in [0.3, 0.4) is 0 Å². The largest absolute Gasteiger partial charge is 0.707 e. The van der Waals surface area contributed by atoms with Crippen LogP contribution in [0.15, 0.2) is 18.2 Å². The summed E-state index contributed by atoms with van der Waals surface area (Å²) in [4.78, 5) is 10.4. The smallest absolute Gasteiger partial charge is 0.511 e. The normalized spacial score (nSPS) is 9.46. The minimum atomic E-state index is -1.96. The average molecular weight is 200 g/mol. The van der Waals surface area contributed by atoms with Crippen molar-refractivity contribution in [1.29, 1.82) is 0 Å². The second-order valence-corrected chi connectivity index (χ2v) is 2.68. The van der Waals surface area contributed by atoms with Crippen molar-refractivity contribution in [2.24, 2.45) is 0 Å². The predicted molar refractivity (Wildman–Crippen MR) is 47.7 cm³/mol. The standard InChI is InChI=1S/C7H6BClO4/c9-6-2-1-5(4-10)7(3-6)13-8(11)12/h1-4,11-12H. The second-order valence-electron chi connectivity index (χ2n) is 2.24. The first kappa shape index (κ1) is 10.0. The molecule has 0 aliphatic rings. The molecule has 1 rings (SSSR count). The Morgan fingerprint density at radius 3 is 2.69 bits per heavy atom. The van der Waals surface area contributed by atoms with E-state index in [1.54, 1.807) is 0 Å². The monoisotopic (exact) mass is 200 g/mol. The van der Waals surface area contributed by atoms with Crippen molar-refractivity contribution in [3.63, 3.8) is 0 Å². The van der Waals surface area contributed by atoms with Gasteiger partial charge < -0.3 is 14.7 Å². The van der Waals surface area contributed by atoms with E-state index in [9.17, 15) is 4.79 Å². The molecule has 0 saturated heterocycles. The van der Waals surface area contributed by atoms with E-state index in [1.165, 1.54) is 18.2 Å². The molecule has 0 radical (unpaired) electrons. The maximum absolute atomic E-state index is 10.4. The van der Waals surface area contributed by atoms with Gasteiger partial charge in [0.25, 0.3) is 0 Å². The van der Waals surface area contributed by atoms with Crippen LogP contribution in [0.4, 0.5) is 0 Å². The van der Waals surface area contributed by atoms with E-state index in [0.29, 0.717) is 11.3 Å². The number of hydrogen-bond donors (Lipinski definition) is 2. The molecule has 0 unspecified atom stereocenters. The molecule has 1 aromatic rings. The Bertz CT molecular complexity index is 315. The molecular formula is C7H6BClO4. The number of aldehydes is 1. The molecule has 0 bridgehead atoms. The molecule has 68 valence electrons. The van der Waals surface area contributed by atoms with Crippen LogP contribution in [0.1, 0.15) is 10.4 Å². The lowest BCUT2D eigenvalue weighted by molar-refractivity contribution is 0.112. The quantitative estimate of drug-likeness (QED) is 0.551. The lowest BCUT2D eigenvalue weighted by Gasteiger charge is -2.06. The van der Waals surface area contributed by atoms with E-state index in [4.69, 9.17) is 21.6 Å². The van der Waals surface area contributed by atoms with Crippen molar-refractivity contribution >= 4 is 25.2 Å². The highest BCUT2D eigenvalue weighted by atomic mass is 35.5. The van der Waals surface area contributed by atoms with Gasteiger partial charge in [-0.3, -0.25) is 4.79 Å². The van der Waals surface area contributed by atoms with Crippen LogP contribution in [0.2, 0.25) is 5.02 Å². The van der Waals surface area contributed by atoms with Crippen LogP contribution in [0.5, 0.6) is 5.75 Å². The van der Waals surface area contributed by atoms with Gasteiger partial charge in [0.05, 0.1) is 5.56 Å². The minimum absolute atomic E-state index is 0.0394. The SMILES string of the molecule is O=Cc1ccc(Cl)cc1OB(O)O. The zero-order valence-electron chi connectivity index (χ0n) is 6.48. The first-order valence-electron chi connectivity index (χ1n) is 3.41. The highest BCUT2D eigenvalue weighted by Gasteiger charge is 2.14. The summed E-state index contributed by atoms with van der Waals surface area (Å²) in [6, 6.07) is 4.25. The molecular weight excluding hydrogens is 194 g/mol. The van der Waals surface area contributed by atoms with E-state index in [1.807, 2.05) is 0 Å². The predicted octanol–water partition coefficient (Wildman–Crippen LogP) is 0.501. The molecule has 0 spiro atoms. The molecule has 0 saturated carbocycles. The van der Waals surface area contributed by atoms with Gasteiger partial charge in [-0.1, -0.05) is 11.6 Å². The number of hydrogen-bond acceptors (Lipinski definition) is 4. The molecule has 0 aliphatic carbocycles. The molecule has 4 nitrogen and oxygen atoms in total. The Morgan fingerprint density at radius 1 is 1.46 bits per heavy atom. The van der Waals surface area contributed by atoms with Crippen molar-refractivity contribution in [3.05, 3.63) is 28.8 Å². The van der Waals surface area contributed by atoms with Crippen LogP contribution >= 0.6 is 11.6 Å². The van der Waals surface area contributed by atoms with Crippen molar-refractivity contribution in [3.8, 4) is 5.75 Å². The Morgan fingerprint density at radius 2 is 2.15 bits per heavy atom. The van der Waals surface area contributed by atoms with Crippen LogP contribution in [-0.4, -0.2) is 23.7 Å². The Hall–Kier alpha value is -1.04. The summed E-state index contributed by atoms with van der Waals surface area (Å²) in [5, 5.41) is 17.3. The summed E-state index contributed by atoms with van der Waals surface area (Å²) in [5.41, 5.74) is 0.206. The highest BCUT2D eigenvalue weighted by Crippen LogP contribution is 2.21. The average Bonchev–Trinajstić information content (AvgIpc) is 2.03. The van der Waals surface area contributed by atoms with Gasteiger partial charge in [0.1, 0.15) is 5.75 Å². The summed E-state index contributed by atoms with van der Waals surface area (Å²) < 4.78 is 4.51. The lowest BCUT2D eigenvalue weighted by Crippen LogP contribution is -2.21. The Kier molecular flexibility index (Phi) is 3.30. The first-order valence-corrected chi connectivity index (χ1v) is 3.79. The zero-order chi connectivity index (χ0) is 9.84. The van der Waals surface area contributed by atoms with Crippen LogP contribution < -0.4 is 4.65 Å². The number of carbonyl (C=O) groups excluding carboxylic acids is 1. The molecule has 13 heavy (non-hydrogen) atoms. The molecule has 2 N–H and O–H groups in total. The summed E-state index contributed by atoms with van der Waals surface area (Å²) in [6.45, 7) is 0. The molecule has 0 aromatic heterocycles. The molecule has 6 heteroatoms. The van der Waals surface area contributed by atoms with E-state index in [2.05, 4.69) is 4.65 Å². The van der Waals surface area contributed by atoms with E-state index in [-0.39, 0.29) is 11.3 Å². The van der Waals surface area contributed by atoms with Crippen LogP contribution in [0.25, 0.3) is 0 Å². The molecule has 1 aromatic carbocycles. The molecule has 0 amide bonds. The van der Waals surface area contributed by atoms with Crippen molar-refractivity contribution < 1.29 is 19.5 Å². The van der Waals surface area contributed by atoms with Crippen LogP contribution in [-0.2, 0) is 0 Å². The maximum Gasteiger partial charge on any atom is 0.707 e. The van der Waals surface area contributed by atoms with Gasteiger partial charge in [0, 0.05) is 5.02 Å². The fourth-order valence-corrected chi connectivity index (χ4v) is 0.983. The molecule has 0 atom stereocenters. The van der Waals surface area contributed by atoms with E-state index in [0.717, 1.165) is 0 Å². The first-order chi connectivity index (χ1) is 6.13. The van der Waals surface area contributed by atoms with Gasteiger partial charge in [-0.05, 0) is 18.2 Å². The van der Waals surface area contributed by atoms with Gasteiger partial charge in [-0.2, -0.15) is 0 Å². The zero-order valence-corrected chi connectivity index (χ0v) is 7.23. The number of benzene rings is 1. The third-order valence-corrected chi connectivity index (χ3v) is 1.57. The lowest BCUT2D eigenvalue weighted by atomic mass is 10.2. The van der Waals surface area contributed by atoms with Crippen molar-refractivity contribution in [2.75, 3.05) is 0 Å². The third-order valence-electron chi connectivity index (χ3n) is 1.33. The number of rotatable bonds is 3. The summed E-state index contributed by atoms with van der Waals surface area (Å²) >= 11 is 5.60. The van der Waals surface area contributed by atoms with E-state index < -0.39 is 7.32 Å². The summed E-state index contributed by atoms with van der Waals surface area (Å²) in [6.07, 6.45) is 0.536. The topological polar surface area (TPSA) is 66.8 Å². The molecule has 0 aliphatic heterocycles. The van der Waals surface area contributed by atoms with Crippen molar-refractivity contribution in [1.82, 2.24) is 0 Å².